The van der Waals surface area contributed by atoms with E-state index in [1.165, 1.54) is 255 Å². The monoisotopic (exact) mass is 1370 g/mol. The summed E-state index contributed by atoms with van der Waals surface area (Å²) in [4.78, 5) is 8.11. The van der Waals surface area contributed by atoms with Gasteiger partial charge in [-0.3, -0.25) is 0 Å². The van der Waals surface area contributed by atoms with Gasteiger partial charge in [0.25, 0.3) is 0 Å². The van der Waals surface area contributed by atoms with Crippen LogP contribution in [0, 0.1) is 155 Å². The van der Waals surface area contributed by atoms with Gasteiger partial charge in [-0.25, -0.2) is 39.9 Å². The third-order valence-electron chi connectivity index (χ3n) is 25.7. The molecule has 12 rings (SSSR count). The number of aryl methyl sites for hydroxylation is 1. The summed E-state index contributed by atoms with van der Waals surface area (Å²) in [5.41, 5.74) is 4.35. The molecule has 8 aliphatic rings. The maximum atomic E-state index is 13.7. The van der Waals surface area contributed by atoms with Gasteiger partial charge in [-0.1, -0.05) is 194 Å². The van der Waals surface area contributed by atoms with Crippen LogP contribution in [0.3, 0.4) is 0 Å². The van der Waals surface area contributed by atoms with Gasteiger partial charge in [0.2, 0.25) is 0 Å². The molecular weight excluding hydrogens is 1250 g/mol. The Hall–Kier alpha value is -4.15. The van der Waals surface area contributed by atoms with Crippen LogP contribution in [0.2, 0.25) is 0 Å². The predicted molar refractivity (Wildman–Crippen MR) is 382 cm³/mol. The van der Waals surface area contributed by atoms with Crippen molar-refractivity contribution in [3.8, 4) is 0 Å². The van der Waals surface area contributed by atoms with Crippen molar-refractivity contribution in [1.29, 1.82) is 0 Å². The number of benzene rings is 4. The Morgan fingerprint density at radius 2 is 0.500 bits per heavy atom. The Labute approximate surface area is 585 Å². The standard InChI is InChI=1S/C22H32F2.C22H33F.C21H29F3.C21H30F2.CF2O/c1-15-3-5-17(6-4-15)11-18-7-9-19(10-8-18)12-20-13-21(23)16(2)22(24)14-20;1-16-3-6-18(7-4-16)13-19-9-11-20(12-10-19)14-21-8-5-17(2)22(23)15-21;1-14-2-4-15(5-3-14)10-16-6-8-17(9-7-16)11-18-12-19(22)21(24)20(23)13-18;1-15-2-4-16(5-3-15)10-17-6-8-18(9-7-17)11-19-12-20(22)14-21(23)13-19;2-1(3)4/h13-15,17-19H,3-12H2,1-2H3;5,8,15-16,18-20H,3-4,6-7,9-14H2,1-2H3;12-17H,2-11H2,1H3;12-18H,2-11H2,1H3;. The van der Waals surface area contributed by atoms with Gasteiger partial charge < -0.3 is 0 Å². The zero-order valence-electron chi connectivity index (χ0n) is 61.0. The highest BCUT2D eigenvalue weighted by Gasteiger charge is 2.31. The van der Waals surface area contributed by atoms with E-state index in [4.69, 9.17) is 4.79 Å². The minimum atomic E-state index is -2.83. The predicted octanol–water partition coefficient (Wildman–Crippen LogP) is 27.8. The highest BCUT2D eigenvalue weighted by Crippen LogP contribution is 2.44. The average Bonchev–Trinajstić information content (AvgIpc) is 0.873. The molecule has 0 bridgehead atoms. The number of carbonyl (C=O) groups is 1. The second kappa shape index (κ2) is 40.6. The summed E-state index contributed by atoms with van der Waals surface area (Å²) in [7, 11) is 0. The zero-order chi connectivity index (χ0) is 70.3. The molecule has 1 nitrogen and oxygen atoms in total. The van der Waals surface area contributed by atoms with Crippen LogP contribution in [0.25, 0.3) is 0 Å². The van der Waals surface area contributed by atoms with Crippen molar-refractivity contribution >= 4 is 6.29 Å². The van der Waals surface area contributed by atoms with Crippen molar-refractivity contribution in [2.24, 2.45) is 94.7 Å². The van der Waals surface area contributed by atoms with E-state index >= 15 is 0 Å². The number of halogens is 10. The van der Waals surface area contributed by atoms with Crippen LogP contribution >= 0.6 is 0 Å². The van der Waals surface area contributed by atoms with Gasteiger partial charge in [0.1, 0.15) is 29.1 Å². The molecule has 8 saturated carbocycles. The van der Waals surface area contributed by atoms with Crippen LogP contribution in [0.1, 0.15) is 292 Å². The SMILES string of the molecule is CC1CCC(CC2CCC(Cc3cc(F)c(F)c(F)c3)CC2)CC1.CC1CCC(CC2CCC(Cc3cc(F)cc(F)c3)CC2)CC1.Cc1c(F)cc(CC2CCC(CC3CCC(C)CC3)CC2)cc1F.Cc1ccc(CC2CCC(CC3CCC(C)CC3)CC2)cc1F.O=C(F)F. The van der Waals surface area contributed by atoms with Crippen molar-refractivity contribution < 1.29 is 48.7 Å². The maximum Gasteiger partial charge on any atom is 0.483 e. The van der Waals surface area contributed by atoms with Gasteiger partial charge in [-0.2, -0.15) is 0 Å². The number of rotatable bonds is 16. The largest absolute Gasteiger partial charge is 0.483 e. The molecule has 8 fully saturated rings. The Morgan fingerprint density at radius 1 is 0.286 bits per heavy atom. The minimum absolute atomic E-state index is 0.0392. The first kappa shape index (κ1) is 79.6. The fraction of sp³-hybridized carbons (Fsp3) is 0.713. The lowest BCUT2D eigenvalue weighted by Gasteiger charge is -2.33. The van der Waals surface area contributed by atoms with Crippen LogP contribution in [0.15, 0.2) is 60.7 Å². The quantitative estimate of drug-likeness (QED) is 0.0621. The van der Waals surface area contributed by atoms with E-state index in [0.29, 0.717) is 29.7 Å². The summed E-state index contributed by atoms with van der Waals surface area (Å²) < 4.78 is 127. The van der Waals surface area contributed by atoms with E-state index < -0.39 is 47.0 Å². The lowest BCUT2D eigenvalue weighted by molar-refractivity contribution is 0.195. The molecule has 0 amide bonds. The number of carbonyl (C=O) groups excluding carboxylic acids is 1. The van der Waals surface area contributed by atoms with Crippen LogP contribution in [-0.2, 0) is 25.7 Å². The Bertz CT molecular complexity index is 2780. The third-order valence-corrected chi connectivity index (χ3v) is 25.7. The molecule has 0 aliphatic heterocycles. The molecule has 548 valence electrons. The smallest absolute Gasteiger partial charge is 0.219 e. The van der Waals surface area contributed by atoms with Gasteiger partial charge in [0.05, 0.1) is 0 Å². The fourth-order valence-corrected chi connectivity index (χ4v) is 19.2. The minimum Gasteiger partial charge on any atom is -0.219 e. The van der Waals surface area contributed by atoms with Crippen LogP contribution in [0.4, 0.5) is 48.7 Å². The molecule has 0 unspecified atom stereocenters. The van der Waals surface area contributed by atoms with Crippen LogP contribution < -0.4 is 0 Å². The summed E-state index contributed by atoms with van der Waals surface area (Å²) in [6, 6.07) is 15.2. The highest BCUT2D eigenvalue weighted by atomic mass is 19.3. The molecule has 4 aromatic rings. The van der Waals surface area contributed by atoms with Gasteiger partial charge in [0.15, 0.2) is 17.5 Å². The van der Waals surface area contributed by atoms with Gasteiger partial charge in [-0.15, -0.1) is 8.78 Å². The van der Waals surface area contributed by atoms with Crippen molar-refractivity contribution in [3.05, 3.63) is 141 Å². The van der Waals surface area contributed by atoms with Gasteiger partial charge in [-0.05, 0) is 282 Å². The molecule has 8 aliphatic carbocycles. The molecule has 0 heterocycles. The Balaban J connectivity index is 0.000000163. The summed E-state index contributed by atoms with van der Waals surface area (Å²) in [6.45, 7) is 12.9. The summed E-state index contributed by atoms with van der Waals surface area (Å²) in [6.07, 6.45) is 49.6. The first-order chi connectivity index (χ1) is 46.9. The van der Waals surface area contributed by atoms with E-state index in [-0.39, 0.29) is 11.4 Å². The zero-order valence-corrected chi connectivity index (χ0v) is 61.0. The Morgan fingerprint density at radius 3 is 0.765 bits per heavy atom. The molecule has 0 spiro atoms. The van der Waals surface area contributed by atoms with Crippen molar-refractivity contribution in [3.63, 3.8) is 0 Å². The van der Waals surface area contributed by atoms with Crippen LogP contribution in [-0.4, -0.2) is 6.29 Å². The molecule has 0 aromatic heterocycles. The lowest BCUT2D eigenvalue weighted by Crippen LogP contribution is -2.21. The van der Waals surface area contributed by atoms with E-state index in [9.17, 15) is 43.9 Å². The first-order valence-corrected chi connectivity index (χ1v) is 39.6. The first-order valence-electron chi connectivity index (χ1n) is 39.6. The second-order valence-electron chi connectivity index (χ2n) is 34.0. The third kappa shape index (κ3) is 27.9. The molecule has 0 radical (unpaired) electrons. The van der Waals surface area contributed by atoms with Crippen LogP contribution in [0.5, 0.6) is 0 Å². The number of hydrogen-bond donors (Lipinski definition) is 0. The fourth-order valence-electron chi connectivity index (χ4n) is 19.2. The topological polar surface area (TPSA) is 17.1 Å². The van der Waals surface area contributed by atoms with Gasteiger partial charge in [0, 0.05) is 11.6 Å². The van der Waals surface area contributed by atoms with E-state index in [1.54, 1.807) is 6.07 Å². The summed E-state index contributed by atoms with van der Waals surface area (Å²) in [5, 5.41) is 0. The Kier molecular flexibility index (Phi) is 33.0. The van der Waals surface area contributed by atoms with E-state index in [2.05, 4.69) is 33.8 Å². The summed E-state index contributed by atoms with van der Waals surface area (Å²) in [5.74, 6) is 8.48. The normalized spacial score (nSPS) is 30.5. The lowest BCUT2D eigenvalue weighted by atomic mass is 9.72. The molecule has 0 N–H and O–H groups in total. The highest BCUT2D eigenvalue weighted by molar-refractivity contribution is 5.55. The second-order valence-corrected chi connectivity index (χ2v) is 34.0. The average molecular weight is 1380 g/mol. The number of hydrogen-bond acceptors (Lipinski definition) is 1. The molecule has 0 saturated heterocycles. The van der Waals surface area contributed by atoms with Crippen molar-refractivity contribution in [2.75, 3.05) is 0 Å². The summed E-state index contributed by atoms with van der Waals surface area (Å²) >= 11 is 0. The van der Waals surface area contributed by atoms with Crippen molar-refractivity contribution in [2.45, 2.75) is 298 Å². The molecule has 0 atom stereocenters. The molecule has 11 heteroatoms. The van der Waals surface area contributed by atoms with E-state index in [0.717, 1.165) is 144 Å². The molecule has 98 heavy (non-hydrogen) atoms. The molecule has 4 aromatic carbocycles. The van der Waals surface area contributed by atoms with E-state index in [1.807, 2.05) is 13.0 Å². The van der Waals surface area contributed by atoms with Gasteiger partial charge >= 0.3 is 6.29 Å². The maximum absolute atomic E-state index is 13.7. The molecular formula is C87H124F10O. The van der Waals surface area contributed by atoms with Crippen molar-refractivity contribution in [1.82, 2.24) is 0 Å².